The first-order valence-corrected chi connectivity index (χ1v) is 6.66. The molecule has 106 valence electrons. The van der Waals surface area contributed by atoms with E-state index in [2.05, 4.69) is 11.8 Å². The van der Waals surface area contributed by atoms with Crippen LogP contribution in [0.1, 0.15) is 19.4 Å². The first-order valence-electron chi connectivity index (χ1n) is 6.66. The van der Waals surface area contributed by atoms with E-state index >= 15 is 0 Å². The molecule has 0 radical (unpaired) electrons. The van der Waals surface area contributed by atoms with Crippen LogP contribution in [0.4, 0.5) is 0 Å². The molecule has 1 aromatic rings. The van der Waals surface area contributed by atoms with E-state index in [1.165, 1.54) is 0 Å². The smallest absolute Gasteiger partial charge is 0.231 e. The molecule has 5 nitrogen and oxygen atoms in total. The minimum Gasteiger partial charge on any atom is -0.507 e. The molecule has 0 spiro atoms. The summed E-state index contributed by atoms with van der Waals surface area (Å²) in [6.07, 6.45) is 0. The summed E-state index contributed by atoms with van der Waals surface area (Å²) in [5, 5.41) is 10.00. The Balaban J connectivity index is 2.00. The number of ether oxygens (including phenoxy) is 3. The molecule has 1 aliphatic rings. The predicted molar refractivity (Wildman–Crippen MR) is 71.7 cm³/mol. The predicted octanol–water partition coefficient (Wildman–Crippen LogP) is 1.98. The second-order valence-corrected chi connectivity index (χ2v) is 4.40. The van der Waals surface area contributed by atoms with E-state index in [9.17, 15) is 5.11 Å². The van der Waals surface area contributed by atoms with Crippen LogP contribution in [0.25, 0.3) is 0 Å². The highest BCUT2D eigenvalue weighted by Crippen LogP contribution is 2.37. The van der Waals surface area contributed by atoms with Crippen LogP contribution in [-0.2, 0) is 11.3 Å². The van der Waals surface area contributed by atoms with Crippen LogP contribution < -0.4 is 9.47 Å². The lowest BCUT2D eigenvalue weighted by Gasteiger charge is -2.21. The molecule has 0 aromatic heterocycles. The van der Waals surface area contributed by atoms with Crippen molar-refractivity contribution < 1.29 is 19.3 Å². The van der Waals surface area contributed by atoms with Gasteiger partial charge in [-0.25, -0.2) is 0 Å². The van der Waals surface area contributed by atoms with E-state index in [0.717, 1.165) is 25.3 Å². The highest BCUT2D eigenvalue weighted by molar-refractivity contribution is 5.51. The third-order valence-corrected chi connectivity index (χ3v) is 3.17. The van der Waals surface area contributed by atoms with Gasteiger partial charge in [0.25, 0.3) is 0 Å². The Labute approximate surface area is 113 Å². The first-order chi connectivity index (χ1) is 9.24. The summed E-state index contributed by atoms with van der Waals surface area (Å²) in [4.78, 5) is 2.22. The molecule has 1 aliphatic heterocycles. The lowest BCUT2D eigenvalue weighted by molar-refractivity contribution is 0.112. The Morgan fingerprint density at radius 1 is 1.26 bits per heavy atom. The molecule has 1 heterocycles. The topological polar surface area (TPSA) is 51.2 Å². The van der Waals surface area contributed by atoms with Crippen LogP contribution in [0.15, 0.2) is 12.1 Å². The number of hydrogen-bond donors (Lipinski definition) is 1. The summed E-state index contributed by atoms with van der Waals surface area (Å²) in [6.45, 7) is 8.16. The van der Waals surface area contributed by atoms with Crippen molar-refractivity contribution in [2.45, 2.75) is 20.4 Å². The third-order valence-electron chi connectivity index (χ3n) is 3.17. The molecule has 0 saturated heterocycles. The molecule has 1 N–H and O–H groups in total. The van der Waals surface area contributed by atoms with Crippen molar-refractivity contribution in [2.24, 2.45) is 0 Å². The molecule has 0 bridgehead atoms. The Morgan fingerprint density at radius 3 is 2.68 bits per heavy atom. The van der Waals surface area contributed by atoms with Crippen LogP contribution >= 0.6 is 0 Å². The number of phenolic OH excluding ortho intramolecular Hbond substituents is 1. The van der Waals surface area contributed by atoms with Crippen LogP contribution in [0, 0.1) is 0 Å². The molecule has 0 saturated carbocycles. The molecule has 2 rings (SSSR count). The number of rotatable bonds is 7. The maximum Gasteiger partial charge on any atom is 0.231 e. The zero-order valence-electron chi connectivity index (χ0n) is 11.5. The zero-order valence-corrected chi connectivity index (χ0v) is 11.5. The zero-order chi connectivity index (χ0) is 13.7. The number of fused-ring (bicyclic) bond motifs is 1. The Morgan fingerprint density at radius 2 is 2.00 bits per heavy atom. The van der Waals surface area contributed by atoms with Crippen molar-refractivity contribution in [1.29, 1.82) is 0 Å². The fourth-order valence-electron chi connectivity index (χ4n) is 2.03. The fourth-order valence-corrected chi connectivity index (χ4v) is 2.03. The molecule has 0 fully saturated rings. The quantitative estimate of drug-likeness (QED) is 0.766. The van der Waals surface area contributed by atoms with Gasteiger partial charge in [-0.15, -0.1) is 0 Å². The molecular weight excluding hydrogens is 246 g/mol. The van der Waals surface area contributed by atoms with Gasteiger partial charge in [0.1, 0.15) is 5.75 Å². The van der Waals surface area contributed by atoms with E-state index in [1.807, 2.05) is 13.0 Å². The second-order valence-electron chi connectivity index (χ2n) is 4.40. The van der Waals surface area contributed by atoms with Crippen molar-refractivity contribution in [3.05, 3.63) is 17.7 Å². The molecule has 0 atom stereocenters. The first kappa shape index (κ1) is 14.0. The van der Waals surface area contributed by atoms with Gasteiger partial charge < -0.3 is 19.3 Å². The lowest BCUT2D eigenvalue weighted by atomic mass is 10.1. The van der Waals surface area contributed by atoms with Crippen molar-refractivity contribution in [3.63, 3.8) is 0 Å². The Kier molecular flexibility index (Phi) is 4.87. The van der Waals surface area contributed by atoms with Crippen molar-refractivity contribution in [3.8, 4) is 17.2 Å². The second kappa shape index (κ2) is 6.63. The van der Waals surface area contributed by atoms with Gasteiger partial charge in [-0.2, -0.15) is 0 Å². The monoisotopic (exact) mass is 267 g/mol. The van der Waals surface area contributed by atoms with Gasteiger partial charge in [-0.1, -0.05) is 6.92 Å². The number of aromatic hydroxyl groups is 1. The summed E-state index contributed by atoms with van der Waals surface area (Å²) < 4.78 is 15.9. The summed E-state index contributed by atoms with van der Waals surface area (Å²) in [5.74, 6) is 1.56. The maximum absolute atomic E-state index is 10.00. The molecule has 1 aromatic carbocycles. The van der Waals surface area contributed by atoms with Gasteiger partial charge in [-0.3, -0.25) is 4.90 Å². The van der Waals surface area contributed by atoms with Crippen LogP contribution in [0.2, 0.25) is 0 Å². The van der Waals surface area contributed by atoms with Gasteiger partial charge in [0, 0.05) is 31.3 Å². The molecule has 0 aliphatic carbocycles. The molecule has 0 amide bonds. The molecule has 19 heavy (non-hydrogen) atoms. The minimum atomic E-state index is 0.222. The maximum atomic E-state index is 10.00. The minimum absolute atomic E-state index is 0.222. The number of phenols is 1. The van der Waals surface area contributed by atoms with E-state index in [0.29, 0.717) is 24.7 Å². The van der Waals surface area contributed by atoms with Gasteiger partial charge in [-0.05, 0) is 19.5 Å². The van der Waals surface area contributed by atoms with Crippen LogP contribution in [0.5, 0.6) is 17.2 Å². The van der Waals surface area contributed by atoms with E-state index in [-0.39, 0.29) is 12.5 Å². The lowest BCUT2D eigenvalue weighted by Crippen LogP contribution is -2.27. The van der Waals surface area contributed by atoms with E-state index in [1.54, 1.807) is 6.07 Å². The van der Waals surface area contributed by atoms with Gasteiger partial charge in [0.15, 0.2) is 11.5 Å². The normalized spacial score (nSPS) is 13.2. The highest BCUT2D eigenvalue weighted by atomic mass is 16.7. The summed E-state index contributed by atoms with van der Waals surface area (Å²) in [5.41, 5.74) is 0.850. The van der Waals surface area contributed by atoms with Crippen molar-refractivity contribution in [1.82, 2.24) is 4.90 Å². The highest BCUT2D eigenvalue weighted by Gasteiger charge is 2.18. The fraction of sp³-hybridized carbons (Fsp3) is 0.571. The average Bonchev–Trinajstić information content (AvgIpc) is 2.85. The van der Waals surface area contributed by atoms with Crippen molar-refractivity contribution >= 4 is 0 Å². The van der Waals surface area contributed by atoms with Gasteiger partial charge in [0.2, 0.25) is 6.79 Å². The number of nitrogens with zero attached hydrogens (tertiary/aromatic N) is 1. The molecule has 5 heteroatoms. The van der Waals surface area contributed by atoms with E-state index in [4.69, 9.17) is 14.2 Å². The molecular formula is C14H21NO4. The van der Waals surface area contributed by atoms with Crippen LogP contribution in [-0.4, -0.2) is 43.1 Å². The summed E-state index contributed by atoms with van der Waals surface area (Å²) in [7, 11) is 0. The van der Waals surface area contributed by atoms with E-state index < -0.39 is 0 Å². The average molecular weight is 267 g/mol. The van der Waals surface area contributed by atoms with Crippen molar-refractivity contribution in [2.75, 3.05) is 33.1 Å². The standard InChI is InChI=1S/C14H21NO4/c1-3-15(5-6-17-4-2)9-11-7-13-14(8-12(11)16)19-10-18-13/h7-8,16H,3-6,9-10H2,1-2H3. The van der Waals surface area contributed by atoms with Gasteiger partial charge in [0.05, 0.1) is 6.61 Å². The molecule has 0 unspecified atom stereocenters. The third kappa shape index (κ3) is 3.52. The summed E-state index contributed by atoms with van der Waals surface area (Å²) >= 11 is 0. The summed E-state index contributed by atoms with van der Waals surface area (Å²) in [6, 6.07) is 3.47. The van der Waals surface area contributed by atoms with Crippen LogP contribution in [0.3, 0.4) is 0 Å². The Hall–Kier alpha value is -1.46. The largest absolute Gasteiger partial charge is 0.507 e. The number of benzene rings is 1. The van der Waals surface area contributed by atoms with Gasteiger partial charge >= 0.3 is 0 Å². The number of likely N-dealkylation sites (N-methyl/N-ethyl adjacent to an activating group) is 1. The Bertz CT molecular complexity index is 422. The SMILES string of the molecule is CCOCCN(CC)Cc1cc2c(cc1O)OCO2. The number of hydrogen-bond acceptors (Lipinski definition) is 5.